The minimum Gasteiger partial charge on any atom is -0.350 e. The number of aryl methyl sites for hydroxylation is 1. The Bertz CT molecular complexity index is 779. The SMILES string of the molecule is CCC(C)NC(=O)c1ccc(C(=O)Nc2c(C)cccc2C(C)C)cc1. The molecule has 2 amide bonds. The normalized spacial score (nSPS) is 11.9. The Balaban J connectivity index is 2.16. The molecule has 2 aromatic carbocycles. The van der Waals surface area contributed by atoms with E-state index in [1.807, 2.05) is 39.0 Å². The molecule has 4 heteroatoms. The summed E-state index contributed by atoms with van der Waals surface area (Å²) in [7, 11) is 0. The zero-order chi connectivity index (χ0) is 19.3. The van der Waals surface area contributed by atoms with E-state index in [1.165, 1.54) is 0 Å². The maximum atomic E-state index is 12.6. The lowest BCUT2D eigenvalue weighted by Crippen LogP contribution is -2.31. The van der Waals surface area contributed by atoms with Crippen LogP contribution >= 0.6 is 0 Å². The number of carbonyl (C=O) groups is 2. The van der Waals surface area contributed by atoms with Gasteiger partial charge in [-0.25, -0.2) is 0 Å². The van der Waals surface area contributed by atoms with Gasteiger partial charge in [0.15, 0.2) is 0 Å². The lowest BCUT2D eigenvalue weighted by atomic mass is 9.98. The monoisotopic (exact) mass is 352 g/mol. The van der Waals surface area contributed by atoms with E-state index >= 15 is 0 Å². The maximum Gasteiger partial charge on any atom is 0.255 e. The zero-order valence-corrected chi connectivity index (χ0v) is 16.2. The van der Waals surface area contributed by atoms with E-state index in [2.05, 4.69) is 24.5 Å². The minimum absolute atomic E-state index is 0.118. The molecule has 2 rings (SSSR count). The van der Waals surface area contributed by atoms with E-state index in [0.29, 0.717) is 17.0 Å². The highest BCUT2D eigenvalue weighted by molar-refractivity contribution is 6.05. The highest BCUT2D eigenvalue weighted by Crippen LogP contribution is 2.27. The third-order valence-electron chi connectivity index (χ3n) is 4.56. The molecule has 0 spiro atoms. The van der Waals surface area contributed by atoms with Gasteiger partial charge in [-0.15, -0.1) is 0 Å². The van der Waals surface area contributed by atoms with E-state index in [4.69, 9.17) is 0 Å². The summed E-state index contributed by atoms with van der Waals surface area (Å²) < 4.78 is 0. The molecule has 138 valence electrons. The Labute approximate surface area is 156 Å². The van der Waals surface area contributed by atoms with E-state index in [1.54, 1.807) is 24.3 Å². The van der Waals surface area contributed by atoms with Gasteiger partial charge < -0.3 is 10.6 Å². The van der Waals surface area contributed by atoms with Crippen LogP contribution in [0.15, 0.2) is 42.5 Å². The van der Waals surface area contributed by atoms with Gasteiger partial charge in [0.2, 0.25) is 0 Å². The fourth-order valence-corrected chi connectivity index (χ4v) is 2.71. The lowest BCUT2D eigenvalue weighted by Gasteiger charge is -2.16. The van der Waals surface area contributed by atoms with Crippen LogP contribution < -0.4 is 10.6 Å². The molecular weight excluding hydrogens is 324 g/mol. The van der Waals surface area contributed by atoms with Gasteiger partial charge in [-0.05, 0) is 61.6 Å². The molecule has 1 unspecified atom stereocenters. The van der Waals surface area contributed by atoms with Crippen LogP contribution in [0, 0.1) is 6.92 Å². The predicted octanol–water partition coefficient (Wildman–Crippen LogP) is 4.90. The van der Waals surface area contributed by atoms with Crippen molar-refractivity contribution in [2.75, 3.05) is 5.32 Å². The molecule has 2 aromatic rings. The summed E-state index contributed by atoms with van der Waals surface area (Å²) in [4.78, 5) is 24.8. The van der Waals surface area contributed by atoms with E-state index < -0.39 is 0 Å². The molecule has 1 atom stereocenters. The molecule has 0 aliphatic rings. The lowest BCUT2D eigenvalue weighted by molar-refractivity contribution is 0.0937. The third kappa shape index (κ3) is 4.72. The number of nitrogens with one attached hydrogen (secondary N) is 2. The van der Waals surface area contributed by atoms with Gasteiger partial charge in [-0.2, -0.15) is 0 Å². The zero-order valence-electron chi connectivity index (χ0n) is 16.2. The second kappa shape index (κ2) is 8.65. The van der Waals surface area contributed by atoms with Gasteiger partial charge in [-0.1, -0.05) is 39.0 Å². The van der Waals surface area contributed by atoms with Gasteiger partial charge in [0.05, 0.1) is 0 Å². The van der Waals surface area contributed by atoms with Crippen LogP contribution in [0.4, 0.5) is 5.69 Å². The van der Waals surface area contributed by atoms with Gasteiger partial charge >= 0.3 is 0 Å². The number of amides is 2. The van der Waals surface area contributed by atoms with Crippen molar-refractivity contribution in [1.82, 2.24) is 5.32 Å². The number of carbonyl (C=O) groups excluding carboxylic acids is 2. The first-order valence-electron chi connectivity index (χ1n) is 9.15. The molecule has 0 heterocycles. The van der Waals surface area contributed by atoms with E-state index in [-0.39, 0.29) is 17.9 Å². The molecule has 0 bridgehead atoms. The molecule has 0 aromatic heterocycles. The first-order valence-corrected chi connectivity index (χ1v) is 9.15. The number of rotatable bonds is 6. The Morgan fingerprint density at radius 1 is 0.923 bits per heavy atom. The fraction of sp³-hybridized carbons (Fsp3) is 0.364. The molecule has 2 N–H and O–H groups in total. The highest BCUT2D eigenvalue weighted by Gasteiger charge is 2.14. The Morgan fingerprint density at radius 2 is 1.50 bits per heavy atom. The average molecular weight is 352 g/mol. The Kier molecular flexibility index (Phi) is 6.56. The molecule has 0 fully saturated rings. The van der Waals surface area contributed by atoms with Gasteiger partial charge in [0.25, 0.3) is 11.8 Å². The van der Waals surface area contributed by atoms with Crippen LogP contribution in [0.2, 0.25) is 0 Å². The maximum absolute atomic E-state index is 12.6. The number of anilines is 1. The van der Waals surface area contributed by atoms with Crippen LogP contribution in [0.3, 0.4) is 0 Å². The number of hydrogen-bond acceptors (Lipinski definition) is 2. The van der Waals surface area contributed by atoms with Crippen molar-refractivity contribution in [3.63, 3.8) is 0 Å². The standard InChI is InChI=1S/C22H28N2O2/c1-6-16(5)23-21(25)17-10-12-18(13-11-17)22(26)24-20-15(4)8-7-9-19(20)14(2)3/h7-14,16H,6H2,1-5H3,(H,23,25)(H,24,26). The first kappa shape index (κ1) is 19.7. The second-order valence-electron chi connectivity index (χ2n) is 7.01. The summed E-state index contributed by atoms with van der Waals surface area (Å²) in [6.45, 7) is 10.2. The second-order valence-corrected chi connectivity index (χ2v) is 7.01. The molecule has 0 saturated carbocycles. The van der Waals surface area contributed by atoms with Crippen molar-refractivity contribution >= 4 is 17.5 Å². The number of para-hydroxylation sites is 1. The van der Waals surface area contributed by atoms with Gasteiger partial charge in [0, 0.05) is 22.9 Å². The predicted molar refractivity (Wildman–Crippen MR) is 107 cm³/mol. The van der Waals surface area contributed by atoms with Crippen LogP contribution in [0.5, 0.6) is 0 Å². The number of hydrogen-bond donors (Lipinski definition) is 2. The molecule has 0 saturated heterocycles. The third-order valence-corrected chi connectivity index (χ3v) is 4.56. The summed E-state index contributed by atoms with van der Waals surface area (Å²) in [5.74, 6) is 0.0271. The summed E-state index contributed by atoms with van der Waals surface area (Å²) in [5.41, 5.74) is 4.10. The van der Waals surface area contributed by atoms with Crippen molar-refractivity contribution in [1.29, 1.82) is 0 Å². The van der Waals surface area contributed by atoms with E-state index in [0.717, 1.165) is 23.2 Å². The number of benzene rings is 2. The topological polar surface area (TPSA) is 58.2 Å². The Morgan fingerprint density at radius 3 is 2.04 bits per heavy atom. The van der Waals surface area contributed by atoms with Crippen molar-refractivity contribution in [3.8, 4) is 0 Å². The summed E-state index contributed by atoms with van der Waals surface area (Å²) in [6.07, 6.45) is 0.876. The van der Waals surface area contributed by atoms with Crippen LogP contribution in [-0.2, 0) is 0 Å². The van der Waals surface area contributed by atoms with Gasteiger partial charge in [-0.3, -0.25) is 9.59 Å². The molecule has 4 nitrogen and oxygen atoms in total. The first-order chi connectivity index (χ1) is 12.3. The van der Waals surface area contributed by atoms with Crippen LogP contribution in [0.1, 0.15) is 71.9 Å². The summed E-state index contributed by atoms with van der Waals surface area (Å²) in [6, 6.07) is 12.9. The van der Waals surface area contributed by atoms with Gasteiger partial charge in [0.1, 0.15) is 0 Å². The summed E-state index contributed by atoms with van der Waals surface area (Å²) >= 11 is 0. The van der Waals surface area contributed by atoms with Crippen molar-refractivity contribution in [2.45, 2.75) is 53.0 Å². The molecular formula is C22H28N2O2. The summed E-state index contributed by atoms with van der Waals surface area (Å²) in [5, 5.41) is 5.95. The molecule has 0 aliphatic carbocycles. The van der Waals surface area contributed by atoms with E-state index in [9.17, 15) is 9.59 Å². The quantitative estimate of drug-likeness (QED) is 0.777. The Hall–Kier alpha value is -2.62. The molecule has 0 aliphatic heterocycles. The van der Waals surface area contributed by atoms with Crippen LogP contribution in [-0.4, -0.2) is 17.9 Å². The molecule has 26 heavy (non-hydrogen) atoms. The fourth-order valence-electron chi connectivity index (χ4n) is 2.71. The van der Waals surface area contributed by atoms with Crippen molar-refractivity contribution in [3.05, 3.63) is 64.7 Å². The largest absolute Gasteiger partial charge is 0.350 e. The smallest absolute Gasteiger partial charge is 0.255 e. The average Bonchev–Trinajstić information content (AvgIpc) is 2.63. The van der Waals surface area contributed by atoms with Crippen LogP contribution in [0.25, 0.3) is 0 Å². The van der Waals surface area contributed by atoms with Crippen molar-refractivity contribution < 1.29 is 9.59 Å². The van der Waals surface area contributed by atoms with Crippen molar-refractivity contribution in [2.24, 2.45) is 0 Å². The minimum atomic E-state index is -0.171. The molecule has 0 radical (unpaired) electrons. The highest BCUT2D eigenvalue weighted by atomic mass is 16.2.